The lowest BCUT2D eigenvalue weighted by atomic mass is 9.80. The van der Waals surface area contributed by atoms with Crippen molar-refractivity contribution in [2.45, 2.75) is 25.4 Å². The Morgan fingerprint density at radius 1 is 1.07 bits per heavy atom. The summed E-state index contributed by atoms with van der Waals surface area (Å²) >= 11 is 1.60. The lowest BCUT2D eigenvalue weighted by Gasteiger charge is -2.29. The van der Waals surface area contributed by atoms with Crippen molar-refractivity contribution in [1.82, 2.24) is 24.5 Å². The number of aromatic nitrogens is 5. The van der Waals surface area contributed by atoms with Crippen LogP contribution in [0.3, 0.4) is 0 Å². The van der Waals surface area contributed by atoms with Crippen LogP contribution in [-0.4, -0.2) is 29.7 Å². The Balaban J connectivity index is 1.72. The number of pyridine rings is 1. The Kier molecular flexibility index (Phi) is 3.87. The minimum atomic E-state index is -0.391. The largest absolute Gasteiger partial charge is 0.387 e. The van der Waals surface area contributed by atoms with Gasteiger partial charge in [0.25, 0.3) is 0 Å². The maximum absolute atomic E-state index is 10.8. The Morgan fingerprint density at radius 2 is 1.78 bits per heavy atom. The fourth-order valence-corrected chi connectivity index (χ4v) is 4.91. The smallest absolute Gasteiger partial charge is 0.125 e. The fourth-order valence-electron chi connectivity index (χ4n) is 3.77. The minimum absolute atomic E-state index is 0.384. The molecule has 138 valence electrons. The second-order valence-electron chi connectivity index (χ2n) is 7.24. The number of hydrogen-bond acceptors (Lipinski definition) is 5. The van der Waals surface area contributed by atoms with Crippen molar-refractivity contribution in [2.24, 2.45) is 20.0 Å². The topological polar surface area (TPSA) is 68.8 Å². The third kappa shape index (κ3) is 2.69. The van der Waals surface area contributed by atoms with Gasteiger partial charge >= 0.3 is 0 Å². The van der Waals surface area contributed by atoms with Gasteiger partial charge in [0.05, 0.1) is 23.2 Å². The van der Waals surface area contributed by atoms with Crippen LogP contribution in [0.15, 0.2) is 36.7 Å². The second-order valence-corrected chi connectivity index (χ2v) is 8.30. The summed E-state index contributed by atoms with van der Waals surface area (Å²) in [6.07, 6.45) is 6.63. The van der Waals surface area contributed by atoms with Crippen molar-refractivity contribution in [3.05, 3.63) is 41.5 Å². The van der Waals surface area contributed by atoms with Gasteiger partial charge in [-0.3, -0.25) is 9.36 Å². The van der Waals surface area contributed by atoms with Gasteiger partial charge in [0.1, 0.15) is 4.83 Å². The number of aliphatic hydroxyl groups is 1. The van der Waals surface area contributed by atoms with E-state index >= 15 is 0 Å². The summed E-state index contributed by atoms with van der Waals surface area (Å²) < 4.78 is 3.71. The summed E-state index contributed by atoms with van der Waals surface area (Å²) in [4.78, 5) is 6.85. The molecule has 1 N–H and O–H groups in total. The van der Waals surface area contributed by atoms with Crippen LogP contribution in [0, 0.1) is 5.92 Å². The molecule has 0 radical (unpaired) electrons. The van der Waals surface area contributed by atoms with Gasteiger partial charge in [-0.2, -0.15) is 10.2 Å². The Hall–Kier alpha value is -2.51. The molecule has 4 aromatic rings. The first-order chi connectivity index (χ1) is 13.1. The average Bonchev–Trinajstić information content (AvgIpc) is 3.31. The highest BCUT2D eigenvalue weighted by Crippen LogP contribution is 2.43. The molecule has 1 atom stereocenters. The monoisotopic (exact) mass is 379 g/mol. The molecule has 0 bridgehead atoms. The van der Waals surface area contributed by atoms with Gasteiger partial charge in [-0.25, -0.2) is 4.98 Å². The van der Waals surface area contributed by atoms with Gasteiger partial charge < -0.3 is 5.11 Å². The summed E-state index contributed by atoms with van der Waals surface area (Å²) in [5, 5.41) is 20.5. The van der Waals surface area contributed by atoms with E-state index in [9.17, 15) is 5.11 Å². The molecule has 1 aliphatic rings. The number of aliphatic hydroxyl groups excluding tert-OH is 1. The molecule has 6 nitrogen and oxygen atoms in total. The van der Waals surface area contributed by atoms with Crippen LogP contribution < -0.4 is 0 Å². The number of nitrogens with zero attached hydrogens (tertiary/aromatic N) is 5. The molecule has 5 rings (SSSR count). The lowest BCUT2D eigenvalue weighted by Crippen LogP contribution is -2.19. The molecule has 7 heteroatoms. The van der Waals surface area contributed by atoms with Crippen molar-refractivity contribution < 1.29 is 5.11 Å². The van der Waals surface area contributed by atoms with E-state index in [0.29, 0.717) is 5.92 Å². The van der Waals surface area contributed by atoms with Crippen molar-refractivity contribution in [2.75, 3.05) is 0 Å². The van der Waals surface area contributed by atoms with Crippen LogP contribution in [0.5, 0.6) is 0 Å². The van der Waals surface area contributed by atoms with Crippen molar-refractivity contribution in [1.29, 1.82) is 0 Å². The van der Waals surface area contributed by atoms with Crippen molar-refractivity contribution in [3.63, 3.8) is 0 Å². The average molecular weight is 379 g/mol. The van der Waals surface area contributed by atoms with Gasteiger partial charge in [0.15, 0.2) is 0 Å². The Labute approximate surface area is 161 Å². The fraction of sp³-hybridized carbons (Fsp3) is 0.350. The zero-order valence-electron chi connectivity index (χ0n) is 15.3. The van der Waals surface area contributed by atoms with Crippen molar-refractivity contribution >= 4 is 21.6 Å². The molecule has 4 heterocycles. The lowest BCUT2D eigenvalue weighted by molar-refractivity contribution is 0.0650. The van der Waals surface area contributed by atoms with Crippen LogP contribution in [0.1, 0.15) is 30.2 Å². The quantitative estimate of drug-likeness (QED) is 0.583. The van der Waals surface area contributed by atoms with Crippen LogP contribution in [0.2, 0.25) is 0 Å². The molecule has 0 amide bonds. The zero-order valence-corrected chi connectivity index (χ0v) is 16.1. The van der Waals surface area contributed by atoms with Crippen LogP contribution >= 0.6 is 11.3 Å². The first-order valence-corrected chi connectivity index (χ1v) is 10.0. The van der Waals surface area contributed by atoms with E-state index in [1.165, 1.54) is 6.42 Å². The van der Waals surface area contributed by atoms with E-state index < -0.39 is 6.10 Å². The van der Waals surface area contributed by atoms with Gasteiger partial charge in [0, 0.05) is 42.3 Å². The first-order valence-electron chi connectivity index (χ1n) is 9.21. The molecule has 4 aromatic heterocycles. The zero-order chi connectivity index (χ0) is 18.5. The van der Waals surface area contributed by atoms with Crippen LogP contribution in [-0.2, 0) is 14.1 Å². The SMILES string of the molecule is Cn1nccc1-c1cc(-c2ccnn2C)c2cc(C(O)C3CCC3)sc2n1. The number of rotatable bonds is 4. The van der Waals surface area contributed by atoms with E-state index in [1.54, 1.807) is 17.5 Å². The van der Waals surface area contributed by atoms with E-state index in [0.717, 1.165) is 50.6 Å². The molecule has 0 aromatic carbocycles. The highest BCUT2D eigenvalue weighted by atomic mass is 32.1. The maximum atomic E-state index is 10.8. The molecule has 1 aliphatic carbocycles. The number of hydrogen-bond donors (Lipinski definition) is 1. The Bertz CT molecular complexity index is 1120. The molecule has 1 unspecified atom stereocenters. The summed E-state index contributed by atoms with van der Waals surface area (Å²) in [6, 6.07) is 8.20. The molecular formula is C20H21N5OS. The van der Waals surface area contributed by atoms with Gasteiger partial charge in [-0.05, 0) is 43.0 Å². The third-order valence-corrected chi connectivity index (χ3v) is 6.69. The molecule has 0 saturated heterocycles. The molecule has 1 saturated carbocycles. The van der Waals surface area contributed by atoms with Crippen molar-refractivity contribution in [3.8, 4) is 22.6 Å². The Morgan fingerprint density at radius 3 is 2.37 bits per heavy atom. The normalized spacial score (nSPS) is 16.0. The summed E-state index contributed by atoms with van der Waals surface area (Å²) in [7, 11) is 3.87. The summed E-state index contributed by atoms with van der Waals surface area (Å²) in [5.74, 6) is 0.384. The molecule has 0 spiro atoms. The van der Waals surface area contributed by atoms with Gasteiger partial charge in [-0.1, -0.05) is 6.42 Å². The van der Waals surface area contributed by atoms with Gasteiger partial charge in [-0.15, -0.1) is 11.3 Å². The standard InChI is InChI=1S/C20H21N5OS/c1-24-16(6-8-21-24)13-10-15(17-7-9-22-25(17)2)23-20-14(13)11-18(27-20)19(26)12-4-3-5-12/h6-12,19,26H,3-5H2,1-2H3. The number of thiophene rings is 1. The highest BCUT2D eigenvalue weighted by molar-refractivity contribution is 7.18. The summed E-state index contributed by atoms with van der Waals surface area (Å²) in [5.41, 5.74) is 3.97. The van der Waals surface area contributed by atoms with Gasteiger partial charge in [0.2, 0.25) is 0 Å². The van der Waals surface area contributed by atoms with Crippen LogP contribution in [0.25, 0.3) is 32.9 Å². The number of fused-ring (bicyclic) bond motifs is 1. The van der Waals surface area contributed by atoms with E-state index in [-0.39, 0.29) is 0 Å². The molecular weight excluding hydrogens is 358 g/mol. The number of aryl methyl sites for hydroxylation is 2. The maximum Gasteiger partial charge on any atom is 0.125 e. The second kappa shape index (κ2) is 6.28. The predicted octanol–water partition coefficient (Wildman–Crippen LogP) is 3.93. The van der Waals surface area contributed by atoms with E-state index in [1.807, 2.05) is 41.8 Å². The van der Waals surface area contributed by atoms with Crippen LogP contribution in [0.4, 0.5) is 0 Å². The minimum Gasteiger partial charge on any atom is -0.387 e. The molecule has 27 heavy (non-hydrogen) atoms. The first kappa shape index (κ1) is 16.6. The van der Waals surface area contributed by atoms with E-state index in [2.05, 4.69) is 22.3 Å². The highest BCUT2D eigenvalue weighted by Gasteiger charge is 2.29. The molecule has 0 aliphatic heterocycles. The predicted molar refractivity (Wildman–Crippen MR) is 106 cm³/mol. The summed E-state index contributed by atoms with van der Waals surface area (Å²) in [6.45, 7) is 0. The third-order valence-electron chi connectivity index (χ3n) is 5.59. The molecule has 1 fully saturated rings. The van der Waals surface area contributed by atoms with E-state index in [4.69, 9.17) is 4.98 Å².